The van der Waals surface area contributed by atoms with Crippen LogP contribution in [0.15, 0.2) is 82.3 Å². The highest BCUT2D eigenvalue weighted by Crippen LogP contribution is 2.32. The molecule has 154 valence electrons. The number of allylic oxidation sites excluding steroid dienone is 2. The van der Waals surface area contributed by atoms with Crippen LogP contribution < -0.4 is 11.1 Å². The van der Waals surface area contributed by atoms with Gasteiger partial charge >= 0.3 is 5.76 Å². The Hall–Kier alpha value is -4.00. The average molecular weight is 411 g/mol. The van der Waals surface area contributed by atoms with Gasteiger partial charge in [-0.3, -0.25) is 0 Å². The van der Waals surface area contributed by atoms with Crippen LogP contribution in [0.1, 0.15) is 19.8 Å². The van der Waals surface area contributed by atoms with E-state index >= 15 is 0 Å². The van der Waals surface area contributed by atoms with Crippen LogP contribution in [-0.2, 0) is 0 Å². The van der Waals surface area contributed by atoms with E-state index in [0.29, 0.717) is 0 Å². The van der Waals surface area contributed by atoms with Gasteiger partial charge in [0.05, 0.1) is 11.1 Å². The normalized spacial score (nSPS) is 17.8. The van der Waals surface area contributed by atoms with Crippen LogP contribution in [0.2, 0.25) is 0 Å². The Morgan fingerprint density at radius 2 is 1.97 bits per heavy atom. The van der Waals surface area contributed by atoms with Gasteiger partial charge in [-0.25, -0.2) is 19.9 Å². The first-order valence-corrected chi connectivity index (χ1v) is 10.2. The molecule has 1 unspecified atom stereocenters. The smallest absolute Gasteiger partial charge is 0.388 e. The van der Waals surface area contributed by atoms with Gasteiger partial charge in [-0.05, 0) is 48.2 Å². The van der Waals surface area contributed by atoms with Gasteiger partial charge in [-0.15, -0.1) is 5.10 Å². The third-order valence-electron chi connectivity index (χ3n) is 5.66. The summed E-state index contributed by atoms with van der Waals surface area (Å²) in [5.74, 6) is 0.499. The van der Waals surface area contributed by atoms with Crippen LogP contribution in [0, 0.1) is 0 Å². The van der Waals surface area contributed by atoms with E-state index in [1.807, 2.05) is 36.4 Å². The first-order chi connectivity index (χ1) is 15.2. The van der Waals surface area contributed by atoms with Gasteiger partial charge in [0.1, 0.15) is 12.1 Å². The number of aromatic nitrogens is 4. The van der Waals surface area contributed by atoms with E-state index in [1.54, 1.807) is 6.33 Å². The molecule has 2 aromatic heterocycles. The fourth-order valence-corrected chi connectivity index (χ4v) is 3.86. The first-order valence-electron chi connectivity index (χ1n) is 10.2. The maximum Gasteiger partial charge on any atom is 0.434 e. The molecule has 5 rings (SSSR count). The van der Waals surface area contributed by atoms with Crippen LogP contribution >= 0.6 is 0 Å². The lowest BCUT2D eigenvalue weighted by Gasteiger charge is -2.32. The number of hydrogen-bond acceptors (Lipinski definition) is 6. The predicted octanol–water partition coefficient (Wildman–Crippen LogP) is 4.72. The van der Waals surface area contributed by atoms with Crippen molar-refractivity contribution in [2.75, 3.05) is 5.32 Å². The molecule has 2 heterocycles. The number of anilines is 1. The lowest BCUT2D eigenvalue weighted by molar-refractivity contribution is 0.527. The zero-order chi connectivity index (χ0) is 21.3. The van der Waals surface area contributed by atoms with Crippen molar-refractivity contribution in [2.45, 2.75) is 25.3 Å². The van der Waals surface area contributed by atoms with E-state index in [1.165, 1.54) is 0 Å². The maximum absolute atomic E-state index is 11.3. The summed E-state index contributed by atoms with van der Waals surface area (Å²) >= 11 is 0. The van der Waals surface area contributed by atoms with Crippen molar-refractivity contribution < 1.29 is 4.42 Å². The number of aromatic amines is 1. The Morgan fingerprint density at radius 3 is 2.74 bits per heavy atom. The molecule has 0 aliphatic heterocycles. The minimum atomic E-state index is -0.574. The first kappa shape index (κ1) is 19.0. The molecule has 31 heavy (non-hydrogen) atoms. The molecule has 7 nitrogen and oxygen atoms in total. The summed E-state index contributed by atoms with van der Waals surface area (Å²) in [6, 6.07) is 13.8. The molecule has 0 saturated carbocycles. The second-order valence-corrected chi connectivity index (χ2v) is 7.58. The monoisotopic (exact) mass is 411 g/mol. The third kappa shape index (κ3) is 3.66. The topological polar surface area (TPSA) is 96.7 Å². The highest BCUT2D eigenvalue weighted by Gasteiger charge is 2.26. The minimum Gasteiger partial charge on any atom is -0.388 e. The standard InChI is InChI=1S/C24H21N5O2/c1-2-24(11-4-3-5-12-24)27-21-19-14-17(9-10-20(19)25-15-26-21)16-7-6-8-18(13-16)22-28-29-23(30)31-22/h3-11,13-15H,2,12H2,1H3,(H,29,30)(H,25,26,27). The second-order valence-electron chi connectivity index (χ2n) is 7.58. The summed E-state index contributed by atoms with van der Waals surface area (Å²) in [6.45, 7) is 2.17. The molecule has 0 saturated heterocycles. The summed E-state index contributed by atoms with van der Waals surface area (Å²) in [5, 5.41) is 10.8. The van der Waals surface area contributed by atoms with Crippen LogP contribution in [0.4, 0.5) is 5.82 Å². The largest absolute Gasteiger partial charge is 0.434 e. The molecule has 1 aliphatic carbocycles. The zero-order valence-corrected chi connectivity index (χ0v) is 17.0. The van der Waals surface area contributed by atoms with Crippen molar-refractivity contribution in [1.29, 1.82) is 0 Å². The van der Waals surface area contributed by atoms with Gasteiger partial charge in [-0.1, -0.05) is 49.4 Å². The number of rotatable bonds is 5. The van der Waals surface area contributed by atoms with E-state index < -0.39 is 5.76 Å². The molecule has 0 fully saturated rings. The number of H-pyrrole nitrogens is 1. The van der Waals surface area contributed by atoms with Gasteiger partial charge in [0.25, 0.3) is 0 Å². The Bertz CT molecular complexity index is 1370. The van der Waals surface area contributed by atoms with Crippen molar-refractivity contribution >= 4 is 16.7 Å². The van der Waals surface area contributed by atoms with E-state index in [-0.39, 0.29) is 11.4 Å². The predicted molar refractivity (Wildman–Crippen MR) is 121 cm³/mol. The average Bonchev–Trinajstić information content (AvgIpc) is 3.26. The van der Waals surface area contributed by atoms with Crippen LogP contribution in [0.3, 0.4) is 0 Å². The Balaban J connectivity index is 1.56. The fourth-order valence-electron chi connectivity index (χ4n) is 3.86. The molecule has 0 bridgehead atoms. The minimum absolute atomic E-state index is 0.163. The van der Waals surface area contributed by atoms with Crippen LogP contribution in [0.25, 0.3) is 33.5 Å². The second kappa shape index (κ2) is 7.68. The van der Waals surface area contributed by atoms with Crippen molar-refractivity contribution in [3.05, 3.63) is 83.6 Å². The fraction of sp³-hybridized carbons (Fsp3) is 0.167. The highest BCUT2D eigenvalue weighted by atomic mass is 16.4. The molecule has 2 aromatic carbocycles. The summed E-state index contributed by atoms with van der Waals surface area (Å²) < 4.78 is 5.09. The molecule has 1 aliphatic rings. The number of benzene rings is 2. The van der Waals surface area contributed by atoms with E-state index in [4.69, 9.17) is 4.42 Å². The zero-order valence-electron chi connectivity index (χ0n) is 17.0. The maximum atomic E-state index is 11.3. The molecule has 1 atom stereocenters. The molecular formula is C24H21N5O2. The van der Waals surface area contributed by atoms with Gasteiger partial charge < -0.3 is 9.73 Å². The van der Waals surface area contributed by atoms with E-state index in [2.05, 4.69) is 62.8 Å². The molecule has 0 spiro atoms. The van der Waals surface area contributed by atoms with Gasteiger partial charge in [0.2, 0.25) is 5.89 Å². The SMILES string of the molecule is CCC1(Nc2ncnc3ccc(-c4cccc(-c5n[nH]c(=O)o5)c4)cc23)C=CC=CC1. The van der Waals surface area contributed by atoms with Crippen molar-refractivity contribution in [3.63, 3.8) is 0 Å². The molecule has 2 N–H and O–H groups in total. The molecule has 0 radical (unpaired) electrons. The molecular weight excluding hydrogens is 390 g/mol. The third-order valence-corrected chi connectivity index (χ3v) is 5.66. The Morgan fingerprint density at radius 1 is 1.10 bits per heavy atom. The Labute approximate surface area is 178 Å². The number of fused-ring (bicyclic) bond motifs is 1. The number of hydrogen-bond donors (Lipinski definition) is 2. The molecule has 4 aromatic rings. The van der Waals surface area contributed by atoms with Crippen molar-refractivity contribution in [1.82, 2.24) is 20.2 Å². The van der Waals surface area contributed by atoms with Gasteiger partial charge in [-0.2, -0.15) is 0 Å². The van der Waals surface area contributed by atoms with Crippen molar-refractivity contribution in [2.24, 2.45) is 0 Å². The summed E-state index contributed by atoms with van der Waals surface area (Å²) in [5.41, 5.74) is 3.42. The Kier molecular flexibility index (Phi) is 4.71. The molecule has 7 heteroatoms. The highest BCUT2D eigenvalue weighted by molar-refractivity contribution is 5.93. The summed E-state index contributed by atoms with van der Waals surface area (Å²) in [6.07, 6.45) is 12.0. The van der Waals surface area contributed by atoms with E-state index in [0.717, 1.165) is 46.3 Å². The van der Waals surface area contributed by atoms with Crippen molar-refractivity contribution in [3.8, 4) is 22.6 Å². The lowest BCUT2D eigenvalue weighted by Crippen LogP contribution is -2.36. The number of nitrogens with one attached hydrogen (secondary N) is 2. The van der Waals surface area contributed by atoms with Gasteiger partial charge in [0, 0.05) is 10.9 Å². The molecule has 0 amide bonds. The van der Waals surface area contributed by atoms with Gasteiger partial charge in [0.15, 0.2) is 0 Å². The summed E-state index contributed by atoms with van der Waals surface area (Å²) in [7, 11) is 0. The van der Waals surface area contributed by atoms with E-state index in [9.17, 15) is 4.79 Å². The van der Waals surface area contributed by atoms with Crippen LogP contribution in [-0.4, -0.2) is 25.7 Å². The lowest BCUT2D eigenvalue weighted by atomic mass is 9.88. The van der Waals surface area contributed by atoms with Crippen LogP contribution in [0.5, 0.6) is 0 Å². The quantitative estimate of drug-likeness (QED) is 0.493. The number of nitrogens with zero attached hydrogens (tertiary/aromatic N) is 3. The summed E-state index contributed by atoms with van der Waals surface area (Å²) in [4.78, 5) is 20.3.